The minimum Gasteiger partial charge on any atom is -0.382 e. The monoisotopic (exact) mass is 311 g/mol. The van der Waals surface area contributed by atoms with Crippen LogP contribution in [0.25, 0.3) is 0 Å². The predicted octanol–water partition coefficient (Wildman–Crippen LogP) is 3.94. The molecule has 0 atom stereocenters. The van der Waals surface area contributed by atoms with Gasteiger partial charge in [0.2, 0.25) is 0 Å². The van der Waals surface area contributed by atoms with Gasteiger partial charge < -0.3 is 5.32 Å². The van der Waals surface area contributed by atoms with Gasteiger partial charge in [0.1, 0.15) is 5.02 Å². The summed E-state index contributed by atoms with van der Waals surface area (Å²) in [7, 11) is 0. The van der Waals surface area contributed by atoms with E-state index in [1.165, 1.54) is 36.8 Å². The molecule has 1 aromatic rings. The quantitative estimate of drug-likeness (QED) is 0.896. The largest absolute Gasteiger partial charge is 0.382 e. The van der Waals surface area contributed by atoms with E-state index < -0.39 is 0 Å². The molecule has 0 unspecified atom stereocenters. The van der Waals surface area contributed by atoms with Crippen LogP contribution in [0, 0.1) is 11.3 Å². The maximum atomic E-state index is 12.2. The minimum absolute atomic E-state index is 0.204. The summed E-state index contributed by atoms with van der Waals surface area (Å²) in [6, 6.07) is 0. The van der Waals surface area contributed by atoms with Crippen molar-refractivity contribution in [1.82, 2.24) is 9.78 Å². The van der Waals surface area contributed by atoms with Gasteiger partial charge >= 0.3 is 0 Å². The van der Waals surface area contributed by atoms with Crippen molar-refractivity contribution in [3.63, 3.8) is 0 Å². The molecule has 21 heavy (non-hydrogen) atoms. The van der Waals surface area contributed by atoms with Crippen LogP contribution in [0.1, 0.15) is 52.9 Å². The topological polar surface area (TPSA) is 46.9 Å². The molecule has 1 aliphatic carbocycles. The fraction of sp³-hybridized carbons (Fsp3) is 0.750. The van der Waals surface area contributed by atoms with E-state index >= 15 is 0 Å². The van der Waals surface area contributed by atoms with Crippen molar-refractivity contribution < 1.29 is 0 Å². The van der Waals surface area contributed by atoms with Gasteiger partial charge in [-0.1, -0.05) is 51.6 Å². The minimum atomic E-state index is -0.204. The lowest BCUT2D eigenvalue weighted by Gasteiger charge is -2.34. The Morgan fingerprint density at radius 2 is 2.05 bits per heavy atom. The van der Waals surface area contributed by atoms with Crippen LogP contribution in [0.2, 0.25) is 5.02 Å². The summed E-state index contributed by atoms with van der Waals surface area (Å²) in [6.07, 6.45) is 8.06. The zero-order valence-electron chi connectivity index (χ0n) is 13.3. The molecule has 1 heterocycles. The molecule has 1 N–H and O–H groups in total. The molecule has 5 heteroatoms. The van der Waals surface area contributed by atoms with Crippen molar-refractivity contribution in [2.24, 2.45) is 11.3 Å². The second-order valence-electron chi connectivity index (χ2n) is 6.98. The third-order valence-electron chi connectivity index (χ3n) is 4.29. The van der Waals surface area contributed by atoms with Gasteiger partial charge in [0, 0.05) is 13.1 Å². The molecule has 0 spiro atoms. The third-order valence-corrected chi connectivity index (χ3v) is 4.65. The number of rotatable bonds is 5. The lowest BCUT2D eigenvalue weighted by Crippen LogP contribution is -2.31. The summed E-state index contributed by atoms with van der Waals surface area (Å²) >= 11 is 6.21. The average molecular weight is 312 g/mol. The molecule has 1 fully saturated rings. The molecule has 0 radical (unpaired) electrons. The van der Waals surface area contributed by atoms with Crippen molar-refractivity contribution in [2.75, 3.05) is 11.9 Å². The summed E-state index contributed by atoms with van der Waals surface area (Å²) in [6.45, 7) is 7.86. The van der Waals surface area contributed by atoms with Gasteiger partial charge in [0.25, 0.3) is 5.56 Å². The molecule has 0 amide bonds. The SMILES string of the molecule is CC(C)Cn1ncc(NCC2(C)CCCCC2)c(Cl)c1=O. The fourth-order valence-electron chi connectivity index (χ4n) is 2.95. The van der Waals surface area contributed by atoms with Crippen molar-refractivity contribution in [3.8, 4) is 0 Å². The number of hydrogen-bond acceptors (Lipinski definition) is 3. The maximum Gasteiger partial charge on any atom is 0.287 e. The average Bonchev–Trinajstić information content (AvgIpc) is 2.43. The first-order valence-corrected chi connectivity index (χ1v) is 8.28. The van der Waals surface area contributed by atoms with Crippen LogP contribution in [0.15, 0.2) is 11.0 Å². The Hall–Kier alpha value is -1.03. The predicted molar refractivity (Wildman–Crippen MR) is 88.0 cm³/mol. The number of hydrogen-bond donors (Lipinski definition) is 1. The standard InChI is InChI=1S/C16H26ClN3O/c1-12(2)10-20-15(21)14(17)13(9-19-20)18-11-16(3)7-5-4-6-8-16/h9,12,18H,4-8,10-11H2,1-3H3. The van der Waals surface area contributed by atoms with Crippen LogP contribution in [-0.2, 0) is 6.54 Å². The molecule has 118 valence electrons. The highest BCUT2D eigenvalue weighted by atomic mass is 35.5. The van der Waals surface area contributed by atoms with Gasteiger partial charge in [-0.05, 0) is 24.2 Å². The highest BCUT2D eigenvalue weighted by Gasteiger charge is 2.26. The number of anilines is 1. The molecule has 0 saturated heterocycles. The Morgan fingerprint density at radius 3 is 2.67 bits per heavy atom. The van der Waals surface area contributed by atoms with Gasteiger partial charge in [-0.2, -0.15) is 5.10 Å². The molecule has 0 aliphatic heterocycles. The van der Waals surface area contributed by atoms with Crippen molar-refractivity contribution in [2.45, 2.75) is 59.4 Å². The Balaban J connectivity index is 2.07. The van der Waals surface area contributed by atoms with E-state index in [0.717, 1.165) is 6.54 Å². The number of nitrogens with one attached hydrogen (secondary N) is 1. The number of aromatic nitrogens is 2. The van der Waals surface area contributed by atoms with Crippen LogP contribution in [0.4, 0.5) is 5.69 Å². The Morgan fingerprint density at radius 1 is 1.38 bits per heavy atom. The van der Waals surface area contributed by atoms with Gasteiger partial charge in [-0.15, -0.1) is 0 Å². The first-order valence-electron chi connectivity index (χ1n) is 7.91. The van der Waals surface area contributed by atoms with Crippen molar-refractivity contribution in [3.05, 3.63) is 21.6 Å². The van der Waals surface area contributed by atoms with Crippen LogP contribution in [-0.4, -0.2) is 16.3 Å². The highest BCUT2D eigenvalue weighted by molar-refractivity contribution is 6.32. The molecule has 0 aromatic carbocycles. The summed E-state index contributed by atoms with van der Waals surface area (Å²) in [5.74, 6) is 0.367. The molecule has 1 aliphatic rings. The lowest BCUT2D eigenvalue weighted by atomic mass is 9.76. The van der Waals surface area contributed by atoms with Gasteiger partial charge in [-0.3, -0.25) is 4.79 Å². The molecule has 2 rings (SSSR count). The van der Waals surface area contributed by atoms with Gasteiger partial charge in [0.05, 0.1) is 11.9 Å². The van der Waals surface area contributed by atoms with E-state index in [9.17, 15) is 4.79 Å². The number of nitrogens with zero attached hydrogens (tertiary/aromatic N) is 2. The lowest BCUT2D eigenvalue weighted by molar-refractivity contribution is 0.233. The van der Waals surface area contributed by atoms with E-state index in [0.29, 0.717) is 23.6 Å². The van der Waals surface area contributed by atoms with Crippen LogP contribution < -0.4 is 10.9 Å². The summed E-state index contributed by atoms with van der Waals surface area (Å²) in [4.78, 5) is 12.2. The summed E-state index contributed by atoms with van der Waals surface area (Å²) in [5, 5.41) is 7.81. The summed E-state index contributed by atoms with van der Waals surface area (Å²) in [5.41, 5.74) is 0.756. The number of halogens is 1. The third kappa shape index (κ3) is 4.22. The smallest absolute Gasteiger partial charge is 0.287 e. The summed E-state index contributed by atoms with van der Waals surface area (Å²) < 4.78 is 1.44. The van der Waals surface area contributed by atoms with Crippen molar-refractivity contribution in [1.29, 1.82) is 0 Å². The van der Waals surface area contributed by atoms with Crippen LogP contribution in [0.5, 0.6) is 0 Å². The fourth-order valence-corrected chi connectivity index (χ4v) is 3.17. The first-order chi connectivity index (χ1) is 9.91. The van der Waals surface area contributed by atoms with E-state index in [2.05, 4.69) is 31.2 Å². The first kappa shape index (κ1) is 16.3. The molecule has 4 nitrogen and oxygen atoms in total. The maximum absolute atomic E-state index is 12.2. The Labute approximate surface area is 131 Å². The molecular weight excluding hydrogens is 286 g/mol. The van der Waals surface area contributed by atoms with E-state index in [4.69, 9.17) is 11.6 Å². The second kappa shape index (κ2) is 6.82. The molecule has 1 aromatic heterocycles. The van der Waals surface area contributed by atoms with E-state index in [-0.39, 0.29) is 10.6 Å². The Bertz CT molecular complexity index is 533. The van der Waals surface area contributed by atoms with Crippen LogP contribution >= 0.6 is 11.6 Å². The normalized spacial score (nSPS) is 18.0. The zero-order valence-corrected chi connectivity index (χ0v) is 14.0. The van der Waals surface area contributed by atoms with E-state index in [1.807, 2.05) is 0 Å². The van der Waals surface area contributed by atoms with Gasteiger partial charge in [-0.25, -0.2) is 4.68 Å². The second-order valence-corrected chi connectivity index (χ2v) is 7.36. The zero-order chi connectivity index (χ0) is 15.5. The van der Waals surface area contributed by atoms with Crippen molar-refractivity contribution >= 4 is 17.3 Å². The molecule has 1 saturated carbocycles. The van der Waals surface area contributed by atoms with Gasteiger partial charge in [0.15, 0.2) is 0 Å². The molecular formula is C16H26ClN3O. The molecule has 0 bridgehead atoms. The Kier molecular flexibility index (Phi) is 5.31. The van der Waals surface area contributed by atoms with Crippen LogP contribution in [0.3, 0.4) is 0 Å². The van der Waals surface area contributed by atoms with E-state index in [1.54, 1.807) is 6.20 Å². The highest BCUT2D eigenvalue weighted by Crippen LogP contribution is 2.36.